The second kappa shape index (κ2) is 5.10. The number of aryl methyl sites for hydroxylation is 1. The molecule has 2 atom stereocenters. The van der Waals surface area contributed by atoms with Crippen LogP contribution in [0.15, 0.2) is 48.7 Å². The van der Waals surface area contributed by atoms with Crippen molar-refractivity contribution in [2.24, 2.45) is 11.5 Å². The molecular formula is C18H21N3. The van der Waals surface area contributed by atoms with Crippen molar-refractivity contribution in [1.29, 1.82) is 0 Å². The lowest BCUT2D eigenvalue weighted by atomic mass is 9.73. The summed E-state index contributed by atoms with van der Waals surface area (Å²) in [5.74, 6) is 0. The van der Waals surface area contributed by atoms with Gasteiger partial charge in [0.15, 0.2) is 0 Å². The highest BCUT2D eigenvalue weighted by atomic mass is 14.9. The van der Waals surface area contributed by atoms with Crippen LogP contribution in [0.25, 0.3) is 16.5 Å². The maximum atomic E-state index is 6.67. The quantitative estimate of drug-likeness (QED) is 0.888. The van der Waals surface area contributed by atoms with Crippen molar-refractivity contribution in [3.8, 4) is 0 Å². The van der Waals surface area contributed by atoms with Gasteiger partial charge in [-0.25, -0.2) is 0 Å². The first kappa shape index (κ1) is 14.0. The number of pyridine rings is 1. The summed E-state index contributed by atoms with van der Waals surface area (Å²) in [5.41, 5.74) is 16.9. The number of benzene rings is 1. The number of aromatic nitrogens is 1. The van der Waals surface area contributed by atoms with Crippen molar-refractivity contribution >= 4 is 16.5 Å². The molecule has 1 aromatic carbocycles. The van der Waals surface area contributed by atoms with Crippen LogP contribution < -0.4 is 11.5 Å². The molecule has 2 aromatic rings. The zero-order valence-electron chi connectivity index (χ0n) is 12.5. The van der Waals surface area contributed by atoms with E-state index in [2.05, 4.69) is 43.1 Å². The summed E-state index contributed by atoms with van der Waals surface area (Å²) in [6.07, 6.45) is 8.70. The minimum Gasteiger partial charge on any atom is -0.323 e. The van der Waals surface area contributed by atoms with Gasteiger partial charge in [-0.15, -0.1) is 0 Å². The molecule has 0 saturated heterocycles. The molecule has 0 aliphatic heterocycles. The summed E-state index contributed by atoms with van der Waals surface area (Å²) in [7, 11) is 0. The van der Waals surface area contributed by atoms with Crippen LogP contribution >= 0.6 is 0 Å². The topological polar surface area (TPSA) is 64.9 Å². The Balaban J connectivity index is 2.31. The number of hydrogen-bond acceptors (Lipinski definition) is 3. The Morgan fingerprint density at radius 1 is 1.29 bits per heavy atom. The molecular weight excluding hydrogens is 258 g/mol. The first-order valence-electron chi connectivity index (χ1n) is 7.36. The van der Waals surface area contributed by atoms with E-state index in [9.17, 15) is 0 Å². The van der Waals surface area contributed by atoms with E-state index in [-0.39, 0.29) is 6.04 Å². The normalized spacial score (nSPS) is 25.1. The summed E-state index contributed by atoms with van der Waals surface area (Å²) in [4.78, 5) is 4.45. The fraction of sp³-hybridized carbons (Fsp3) is 0.278. The summed E-state index contributed by atoms with van der Waals surface area (Å²) in [6, 6.07) is 8.05. The molecule has 108 valence electrons. The lowest BCUT2D eigenvalue weighted by Gasteiger charge is -2.38. The molecule has 0 amide bonds. The second-order valence-corrected chi connectivity index (χ2v) is 5.71. The number of fused-ring (bicyclic) bond motifs is 1. The first-order chi connectivity index (χ1) is 10.1. The van der Waals surface area contributed by atoms with Gasteiger partial charge in [-0.1, -0.05) is 37.3 Å². The molecule has 1 heterocycles. The molecule has 3 nitrogen and oxygen atoms in total. The third-order valence-corrected chi connectivity index (χ3v) is 4.53. The molecule has 1 aliphatic rings. The summed E-state index contributed by atoms with van der Waals surface area (Å²) in [5, 5.41) is 1.13. The Kier molecular flexibility index (Phi) is 3.40. The molecule has 2 unspecified atom stereocenters. The summed E-state index contributed by atoms with van der Waals surface area (Å²) in [6.45, 7) is 4.20. The lowest BCUT2D eigenvalue weighted by Crippen LogP contribution is -2.55. The first-order valence-corrected chi connectivity index (χ1v) is 7.36. The predicted octanol–water partition coefficient (Wildman–Crippen LogP) is 2.93. The Hall–Kier alpha value is -1.97. The van der Waals surface area contributed by atoms with E-state index in [0.717, 1.165) is 22.9 Å². The number of nitrogens with two attached hydrogens (primary N) is 2. The molecule has 0 radical (unpaired) electrons. The number of rotatable bonds is 2. The van der Waals surface area contributed by atoms with Crippen molar-refractivity contribution in [3.05, 3.63) is 59.8 Å². The van der Waals surface area contributed by atoms with E-state index < -0.39 is 5.54 Å². The summed E-state index contributed by atoms with van der Waals surface area (Å²) < 4.78 is 0. The monoisotopic (exact) mass is 279 g/mol. The number of hydrogen-bond donors (Lipinski definition) is 2. The van der Waals surface area contributed by atoms with Crippen LogP contribution in [-0.4, -0.2) is 16.6 Å². The molecule has 0 saturated carbocycles. The van der Waals surface area contributed by atoms with E-state index in [1.165, 1.54) is 11.1 Å². The van der Waals surface area contributed by atoms with E-state index >= 15 is 0 Å². The van der Waals surface area contributed by atoms with Gasteiger partial charge < -0.3 is 11.5 Å². The maximum absolute atomic E-state index is 6.67. The van der Waals surface area contributed by atoms with E-state index in [4.69, 9.17) is 11.5 Å². The minimum atomic E-state index is -0.538. The Morgan fingerprint density at radius 2 is 2.10 bits per heavy atom. The lowest BCUT2D eigenvalue weighted by molar-refractivity contribution is 0.471. The van der Waals surface area contributed by atoms with Gasteiger partial charge in [-0.05, 0) is 42.2 Å². The zero-order valence-corrected chi connectivity index (χ0v) is 12.5. The van der Waals surface area contributed by atoms with E-state index in [1.807, 2.05) is 24.4 Å². The molecule has 3 heteroatoms. The van der Waals surface area contributed by atoms with Crippen molar-refractivity contribution < 1.29 is 0 Å². The molecule has 21 heavy (non-hydrogen) atoms. The minimum absolute atomic E-state index is 0.172. The average molecular weight is 279 g/mol. The van der Waals surface area contributed by atoms with Crippen molar-refractivity contribution in [2.45, 2.75) is 31.8 Å². The average Bonchev–Trinajstić information content (AvgIpc) is 2.50. The molecule has 0 spiro atoms. The van der Waals surface area contributed by atoms with Gasteiger partial charge in [0.25, 0.3) is 0 Å². The third-order valence-electron chi connectivity index (χ3n) is 4.53. The predicted molar refractivity (Wildman–Crippen MR) is 88.8 cm³/mol. The van der Waals surface area contributed by atoms with Gasteiger partial charge >= 0.3 is 0 Å². The van der Waals surface area contributed by atoms with Gasteiger partial charge in [-0.3, -0.25) is 4.98 Å². The zero-order chi connectivity index (χ0) is 15.0. The summed E-state index contributed by atoms with van der Waals surface area (Å²) >= 11 is 0. The van der Waals surface area contributed by atoms with Crippen molar-refractivity contribution in [1.82, 2.24) is 4.98 Å². The van der Waals surface area contributed by atoms with E-state index in [1.54, 1.807) is 0 Å². The number of allylic oxidation sites excluding steroid dienone is 2. The van der Waals surface area contributed by atoms with Crippen LogP contribution in [0.5, 0.6) is 0 Å². The van der Waals surface area contributed by atoms with Gasteiger partial charge in [0.05, 0.1) is 11.1 Å². The van der Waals surface area contributed by atoms with Crippen LogP contribution in [0.3, 0.4) is 0 Å². The highest BCUT2D eigenvalue weighted by Gasteiger charge is 2.36. The van der Waals surface area contributed by atoms with Crippen LogP contribution in [-0.2, 0) is 0 Å². The fourth-order valence-corrected chi connectivity index (χ4v) is 3.14. The Morgan fingerprint density at radius 3 is 2.86 bits per heavy atom. The Bertz CT molecular complexity index is 745. The maximum Gasteiger partial charge on any atom is 0.0708 e. The standard InChI is InChI=1S/C18H21N3/c1-3-18(20)14(7-4-8-16(18)19)17-12(2)9-10-15-13(17)6-5-11-21-15/h4-11,16H,3,19-20H2,1-2H3. The largest absolute Gasteiger partial charge is 0.323 e. The van der Waals surface area contributed by atoms with Gasteiger partial charge in [-0.2, -0.15) is 0 Å². The second-order valence-electron chi connectivity index (χ2n) is 5.71. The Labute approximate surface area is 125 Å². The highest BCUT2D eigenvalue weighted by molar-refractivity contribution is 5.96. The molecule has 0 fully saturated rings. The molecule has 3 rings (SSSR count). The smallest absolute Gasteiger partial charge is 0.0708 e. The fourth-order valence-electron chi connectivity index (χ4n) is 3.14. The molecule has 0 bridgehead atoms. The molecule has 1 aliphatic carbocycles. The van der Waals surface area contributed by atoms with Crippen molar-refractivity contribution in [3.63, 3.8) is 0 Å². The SMILES string of the molecule is CCC1(N)C(c2c(C)ccc3ncccc23)=CC=CC1N. The van der Waals surface area contributed by atoms with E-state index in [0.29, 0.717) is 0 Å². The van der Waals surface area contributed by atoms with Crippen LogP contribution in [0.2, 0.25) is 0 Å². The van der Waals surface area contributed by atoms with Gasteiger partial charge in [0.2, 0.25) is 0 Å². The molecule has 4 N–H and O–H groups in total. The van der Waals surface area contributed by atoms with Crippen LogP contribution in [0.1, 0.15) is 24.5 Å². The number of nitrogens with zero attached hydrogens (tertiary/aromatic N) is 1. The highest BCUT2D eigenvalue weighted by Crippen LogP contribution is 2.38. The third kappa shape index (κ3) is 2.09. The molecule has 1 aromatic heterocycles. The van der Waals surface area contributed by atoms with Crippen LogP contribution in [0, 0.1) is 6.92 Å². The van der Waals surface area contributed by atoms with Gasteiger partial charge in [0.1, 0.15) is 0 Å². The van der Waals surface area contributed by atoms with Crippen molar-refractivity contribution in [2.75, 3.05) is 0 Å². The van der Waals surface area contributed by atoms with Crippen LogP contribution in [0.4, 0.5) is 0 Å². The van der Waals surface area contributed by atoms with Gasteiger partial charge in [0, 0.05) is 17.6 Å².